The number of nitrogens with one attached hydrogen (secondary N) is 1. The predicted octanol–water partition coefficient (Wildman–Crippen LogP) is -3.48. The maximum absolute atomic E-state index is 12.3. The number of esters is 1. The van der Waals surface area contributed by atoms with E-state index < -0.39 is 60.8 Å². The number of likely N-dealkylation sites (N-methyl/N-ethyl adjacent to an activating group) is 1. The van der Waals surface area contributed by atoms with Gasteiger partial charge in [-0.2, -0.15) is 0 Å². The van der Waals surface area contributed by atoms with E-state index in [4.69, 9.17) is 14.6 Å². The van der Waals surface area contributed by atoms with Gasteiger partial charge in [0.25, 0.3) is 5.72 Å². The van der Waals surface area contributed by atoms with Crippen LogP contribution in [0.25, 0.3) is 0 Å². The van der Waals surface area contributed by atoms with Gasteiger partial charge in [-0.05, 0) is 6.92 Å². The van der Waals surface area contributed by atoms with E-state index in [9.17, 15) is 29.4 Å². The Morgan fingerprint density at radius 3 is 2.36 bits per heavy atom. The lowest BCUT2D eigenvalue weighted by molar-refractivity contribution is -0.176. The van der Waals surface area contributed by atoms with Gasteiger partial charge >= 0.3 is 17.8 Å². The van der Waals surface area contributed by atoms with E-state index in [2.05, 4.69) is 0 Å². The average Bonchev–Trinajstić information content (AvgIpc) is 2.75. The molecule has 11 heteroatoms. The number of carbonyl (C=O) groups is 4. The minimum Gasteiger partial charge on any atom is -0.450 e. The van der Waals surface area contributed by atoms with Gasteiger partial charge in [0.05, 0.1) is 13.2 Å². The zero-order valence-electron chi connectivity index (χ0n) is 14.1. The maximum atomic E-state index is 12.3. The molecule has 25 heavy (non-hydrogen) atoms. The van der Waals surface area contributed by atoms with Crippen LogP contribution in [0.5, 0.6) is 0 Å². The summed E-state index contributed by atoms with van der Waals surface area (Å²) >= 11 is 0. The summed E-state index contributed by atoms with van der Waals surface area (Å²) in [6.07, 6.45) is -2.17. The summed E-state index contributed by atoms with van der Waals surface area (Å²) in [5, 5.41) is 30.5. The van der Waals surface area contributed by atoms with E-state index in [-0.39, 0.29) is 6.42 Å². The molecule has 11 nitrogen and oxygen atoms in total. The van der Waals surface area contributed by atoms with Crippen LogP contribution in [0.1, 0.15) is 13.3 Å². The highest BCUT2D eigenvalue weighted by atomic mass is 16.6. The molecule has 1 fully saturated rings. The number of rotatable bonds is 7. The van der Waals surface area contributed by atoms with Crippen molar-refractivity contribution in [1.29, 1.82) is 0 Å². The third kappa shape index (κ3) is 4.12. The molecule has 1 saturated heterocycles. The Morgan fingerprint density at radius 2 is 1.92 bits per heavy atom. The quantitative estimate of drug-likeness (QED) is 0.205. The first-order valence-electron chi connectivity index (χ1n) is 7.36. The third-order valence-electron chi connectivity index (χ3n) is 3.69. The first-order chi connectivity index (χ1) is 11.5. The van der Waals surface area contributed by atoms with Crippen molar-refractivity contribution in [2.24, 2.45) is 0 Å². The van der Waals surface area contributed by atoms with Crippen molar-refractivity contribution in [3.63, 3.8) is 0 Å². The molecule has 0 unspecified atom stereocenters. The van der Waals surface area contributed by atoms with Crippen LogP contribution in [0.2, 0.25) is 0 Å². The van der Waals surface area contributed by atoms with Crippen molar-refractivity contribution >= 4 is 23.6 Å². The molecule has 0 aromatic rings. The topological polar surface area (TPSA) is 163 Å². The maximum Gasteiger partial charge on any atom is 0.363 e. The molecule has 4 N–H and O–H groups in total. The zero-order chi connectivity index (χ0) is 19.4. The van der Waals surface area contributed by atoms with Gasteiger partial charge in [0.1, 0.15) is 6.61 Å². The summed E-state index contributed by atoms with van der Waals surface area (Å²) in [6.45, 7) is -0.774. The molecule has 0 aromatic heterocycles. The molecule has 2 amide bonds. The normalized spacial score (nSPS) is 28.4. The highest BCUT2D eigenvalue weighted by Gasteiger charge is 2.65. The van der Waals surface area contributed by atoms with Gasteiger partial charge in [-0.25, -0.2) is 4.79 Å². The van der Waals surface area contributed by atoms with Gasteiger partial charge in [-0.15, -0.1) is 0 Å². The fourth-order valence-corrected chi connectivity index (χ4v) is 2.13. The summed E-state index contributed by atoms with van der Waals surface area (Å²) in [5.74, 6) is -4.10. The van der Waals surface area contributed by atoms with Crippen molar-refractivity contribution in [3.05, 3.63) is 0 Å². The molecule has 1 aliphatic heterocycles. The molecule has 0 aliphatic carbocycles. The molecule has 1 aliphatic rings. The lowest BCUT2D eigenvalue weighted by atomic mass is 9.94. The molecule has 0 bridgehead atoms. The fourth-order valence-electron chi connectivity index (χ4n) is 2.13. The molecular formula is C14H22N2O9. The van der Waals surface area contributed by atoms with Crippen LogP contribution < -0.4 is 5.32 Å². The van der Waals surface area contributed by atoms with Gasteiger partial charge in [-0.1, -0.05) is 0 Å². The molecule has 0 radical (unpaired) electrons. The van der Waals surface area contributed by atoms with Crippen LogP contribution in [0.4, 0.5) is 0 Å². The minimum atomic E-state index is -2.48. The lowest BCUT2D eigenvalue weighted by Gasteiger charge is -2.32. The van der Waals surface area contributed by atoms with Crippen LogP contribution in [-0.2, 0) is 28.7 Å². The van der Waals surface area contributed by atoms with Crippen molar-refractivity contribution in [2.45, 2.75) is 30.8 Å². The van der Waals surface area contributed by atoms with Crippen LogP contribution >= 0.6 is 0 Å². The number of nitrogens with zero attached hydrogens (tertiary/aromatic N) is 1. The van der Waals surface area contributed by atoms with Gasteiger partial charge < -0.3 is 35.0 Å². The number of hydrogen-bond donors (Lipinski definition) is 4. The zero-order valence-corrected chi connectivity index (χ0v) is 14.1. The lowest BCUT2D eigenvalue weighted by Crippen LogP contribution is -2.65. The summed E-state index contributed by atoms with van der Waals surface area (Å²) in [6, 6.07) is 0. The van der Waals surface area contributed by atoms with Gasteiger partial charge in [0, 0.05) is 20.5 Å². The summed E-state index contributed by atoms with van der Waals surface area (Å²) in [5.41, 5.74) is -4.26. The number of aliphatic hydroxyl groups excluding tert-OH is 3. The second kappa shape index (κ2) is 7.87. The Hall–Kier alpha value is -2.08. The molecular weight excluding hydrogens is 340 g/mol. The van der Waals surface area contributed by atoms with E-state index in [1.807, 2.05) is 5.32 Å². The monoisotopic (exact) mass is 362 g/mol. The number of ketones is 1. The highest BCUT2D eigenvalue weighted by molar-refractivity contribution is 6.35. The van der Waals surface area contributed by atoms with E-state index in [1.165, 1.54) is 21.0 Å². The molecule has 0 saturated carbocycles. The van der Waals surface area contributed by atoms with Gasteiger partial charge in [0.2, 0.25) is 0 Å². The van der Waals surface area contributed by atoms with Crippen LogP contribution in [0.15, 0.2) is 0 Å². The summed E-state index contributed by atoms with van der Waals surface area (Å²) in [7, 11) is 2.60. The molecule has 1 heterocycles. The molecule has 0 aromatic carbocycles. The largest absolute Gasteiger partial charge is 0.450 e. The van der Waals surface area contributed by atoms with Gasteiger partial charge in [0.15, 0.2) is 17.5 Å². The Morgan fingerprint density at radius 1 is 1.32 bits per heavy atom. The first kappa shape index (κ1) is 21.0. The smallest absolute Gasteiger partial charge is 0.363 e. The van der Waals surface area contributed by atoms with Gasteiger partial charge in [-0.3, -0.25) is 14.4 Å². The third-order valence-corrected chi connectivity index (χ3v) is 3.69. The highest BCUT2D eigenvalue weighted by Crippen LogP contribution is 2.35. The first-order valence-corrected chi connectivity index (χ1v) is 7.36. The van der Waals surface area contributed by atoms with E-state index in [0.717, 1.165) is 4.90 Å². The number of amides is 2. The number of hydrogen-bond acceptors (Lipinski definition) is 9. The van der Waals surface area contributed by atoms with Crippen LogP contribution in [0, 0.1) is 0 Å². The summed E-state index contributed by atoms with van der Waals surface area (Å²) < 4.78 is 10.1. The number of cyclic esters (lactones) is 1. The Kier molecular flexibility index (Phi) is 6.60. The second-order valence-electron chi connectivity index (χ2n) is 5.95. The number of carbonyl (C=O) groups excluding carboxylic acids is 4. The Labute approximate surface area is 143 Å². The molecule has 142 valence electrons. The average molecular weight is 362 g/mol. The van der Waals surface area contributed by atoms with Crippen LogP contribution in [0.3, 0.4) is 0 Å². The number of aliphatic hydroxyl groups is 3. The Balaban J connectivity index is 3.10. The van der Waals surface area contributed by atoms with E-state index >= 15 is 0 Å². The van der Waals surface area contributed by atoms with Crippen molar-refractivity contribution in [1.82, 2.24) is 10.2 Å². The molecule has 0 spiro atoms. The minimum absolute atomic E-state index is 0.314. The van der Waals surface area contributed by atoms with Crippen molar-refractivity contribution in [3.8, 4) is 0 Å². The fraction of sp³-hybridized carbons (Fsp3) is 0.714. The van der Waals surface area contributed by atoms with Crippen molar-refractivity contribution < 1.29 is 44.0 Å². The van der Waals surface area contributed by atoms with Crippen molar-refractivity contribution in [2.75, 3.05) is 33.9 Å². The summed E-state index contributed by atoms with van der Waals surface area (Å²) in [4.78, 5) is 48.1. The standard InChI is InChI=1S/C14H22N2O9/c1-13(7-18)11(22)14(12(23)25-13,24-5-4-8(19)6-17)15-9(20)10(21)16(2)3/h11,17-18,22H,4-7H2,1-3H3,(H,15,20)/t11-,13-,14-/m0/s1. The predicted molar refractivity (Wildman–Crippen MR) is 79.8 cm³/mol. The molecule has 3 atom stereocenters. The van der Waals surface area contributed by atoms with E-state index in [0.29, 0.717) is 0 Å². The second-order valence-corrected chi connectivity index (χ2v) is 5.95. The number of ether oxygens (including phenoxy) is 2. The Bertz CT molecular complexity index is 565. The SMILES string of the molecule is CN(C)C(=O)C(=O)N[C@@]1(OCCC(=O)CO)C(=O)O[C@@](C)(CO)[C@@H]1O. The molecule has 1 rings (SSSR count). The van der Waals surface area contributed by atoms with E-state index in [1.54, 1.807) is 0 Å². The number of Topliss-reactive ketones (excluding diaryl/α,β-unsaturated/α-hetero) is 1. The van der Waals surface area contributed by atoms with Crippen LogP contribution in [-0.4, -0.2) is 95.1 Å².